The lowest BCUT2D eigenvalue weighted by Crippen LogP contribution is -2.23. The average molecular weight is 345 g/mol. The van der Waals surface area contributed by atoms with Gasteiger partial charge in [-0.2, -0.15) is 15.0 Å². The van der Waals surface area contributed by atoms with Crippen LogP contribution in [0, 0.1) is 5.92 Å². The zero-order valence-corrected chi connectivity index (χ0v) is 14.9. The SMILES string of the molecule is C[C@H]1CCCC1Nc1nc(Nc2ccccc2)nc(-c2ccccc2)n1. The van der Waals surface area contributed by atoms with Crippen LogP contribution in [-0.4, -0.2) is 21.0 Å². The Balaban J connectivity index is 1.67. The number of nitrogens with one attached hydrogen (secondary N) is 2. The maximum Gasteiger partial charge on any atom is 0.232 e. The molecular formula is C21H23N5. The number of aromatic nitrogens is 3. The molecule has 0 radical (unpaired) electrons. The largest absolute Gasteiger partial charge is 0.351 e. The molecule has 132 valence electrons. The predicted molar refractivity (Wildman–Crippen MR) is 105 cm³/mol. The lowest BCUT2D eigenvalue weighted by Gasteiger charge is -2.18. The summed E-state index contributed by atoms with van der Waals surface area (Å²) in [7, 11) is 0. The molecule has 3 aromatic rings. The molecule has 1 saturated carbocycles. The van der Waals surface area contributed by atoms with Gasteiger partial charge in [-0.1, -0.05) is 61.9 Å². The van der Waals surface area contributed by atoms with E-state index in [-0.39, 0.29) is 0 Å². The van der Waals surface area contributed by atoms with Crippen molar-refractivity contribution in [3.8, 4) is 11.4 Å². The first-order valence-electron chi connectivity index (χ1n) is 9.18. The third-order valence-corrected chi connectivity index (χ3v) is 4.87. The summed E-state index contributed by atoms with van der Waals surface area (Å²) < 4.78 is 0. The molecular weight excluding hydrogens is 322 g/mol. The Bertz CT molecular complexity index is 851. The van der Waals surface area contributed by atoms with Gasteiger partial charge in [-0.05, 0) is 30.9 Å². The monoisotopic (exact) mass is 345 g/mol. The second-order valence-corrected chi connectivity index (χ2v) is 6.82. The van der Waals surface area contributed by atoms with Crippen LogP contribution in [0.2, 0.25) is 0 Å². The van der Waals surface area contributed by atoms with E-state index in [9.17, 15) is 0 Å². The highest BCUT2D eigenvalue weighted by atomic mass is 15.2. The van der Waals surface area contributed by atoms with E-state index in [2.05, 4.69) is 32.5 Å². The van der Waals surface area contributed by atoms with Crippen LogP contribution in [0.1, 0.15) is 26.2 Å². The van der Waals surface area contributed by atoms with Gasteiger partial charge in [-0.25, -0.2) is 0 Å². The van der Waals surface area contributed by atoms with E-state index in [1.807, 2.05) is 60.7 Å². The van der Waals surface area contributed by atoms with Crippen LogP contribution in [0.25, 0.3) is 11.4 Å². The predicted octanol–water partition coefficient (Wildman–Crippen LogP) is 4.88. The molecule has 1 aromatic heterocycles. The van der Waals surface area contributed by atoms with Gasteiger partial charge in [-0.15, -0.1) is 0 Å². The van der Waals surface area contributed by atoms with Gasteiger partial charge in [0.05, 0.1) is 0 Å². The van der Waals surface area contributed by atoms with E-state index in [1.54, 1.807) is 0 Å². The van der Waals surface area contributed by atoms with Crippen LogP contribution in [0.5, 0.6) is 0 Å². The maximum atomic E-state index is 4.67. The second kappa shape index (κ2) is 7.52. The van der Waals surface area contributed by atoms with Crippen molar-refractivity contribution in [2.24, 2.45) is 5.92 Å². The summed E-state index contributed by atoms with van der Waals surface area (Å²) in [6.07, 6.45) is 3.67. The normalized spacial score (nSPS) is 19.3. The number of hydrogen-bond donors (Lipinski definition) is 2. The quantitative estimate of drug-likeness (QED) is 0.690. The fourth-order valence-electron chi connectivity index (χ4n) is 3.39. The highest BCUT2D eigenvalue weighted by Gasteiger charge is 2.24. The summed E-state index contributed by atoms with van der Waals surface area (Å²) in [6.45, 7) is 2.28. The zero-order valence-electron chi connectivity index (χ0n) is 14.9. The summed E-state index contributed by atoms with van der Waals surface area (Å²) in [5, 5.41) is 6.81. The van der Waals surface area contributed by atoms with Gasteiger partial charge in [0.15, 0.2) is 5.82 Å². The molecule has 0 spiro atoms. The van der Waals surface area contributed by atoms with E-state index < -0.39 is 0 Å². The number of hydrogen-bond acceptors (Lipinski definition) is 5. The van der Waals surface area contributed by atoms with Crippen LogP contribution in [0.3, 0.4) is 0 Å². The van der Waals surface area contributed by atoms with Crippen LogP contribution in [0.4, 0.5) is 17.6 Å². The Morgan fingerprint density at radius 3 is 2.19 bits per heavy atom. The van der Waals surface area contributed by atoms with E-state index in [1.165, 1.54) is 12.8 Å². The van der Waals surface area contributed by atoms with Gasteiger partial charge in [0.2, 0.25) is 11.9 Å². The topological polar surface area (TPSA) is 62.7 Å². The molecule has 1 aliphatic carbocycles. The van der Waals surface area contributed by atoms with Crippen molar-refractivity contribution in [3.63, 3.8) is 0 Å². The number of para-hydroxylation sites is 1. The fraction of sp³-hybridized carbons (Fsp3) is 0.286. The Labute approximate surface area is 153 Å². The van der Waals surface area contributed by atoms with Crippen LogP contribution in [0.15, 0.2) is 60.7 Å². The summed E-state index contributed by atoms with van der Waals surface area (Å²) >= 11 is 0. The van der Waals surface area contributed by atoms with Gasteiger partial charge in [0, 0.05) is 17.3 Å². The summed E-state index contributed by atoms with van der Waals surface area (Å²) in [5.74, 6) is 2.50. The Hall–Kier alpha value is -2.95. The minimum atomic E-state index is 0.422. The maximum absolute atomic E-state index is 4.67. The van der Waals surface area contributed by atoms with E-state index >= 15 is 0 Å². The molecule has 0 amide bonds. The molecule has 2 N–H and O–H groups in total. The lowest BCUT2D eigenvalue weighted by atomic mass is 10.1. The summed E-state index contributed by atoms with van der Waals surface area (Å²) in [4.78, 5) is 13.9. The molecule has 1 aliphatic rings. The van der Waals surface area contributed by atoms with Crippen molar-refractivity contribution < 1.29 is 0 Å². The third kappa shape index (κ3) is 3.82. The minimum absolute atomic E-state index is 0.422. The van der Waals surface area contributed by atoms with Crippen molar-refractivity contribution in [1.82, 2.24) is 15.0 Å². The second-order valence-electron chi connectivity index (χ2n) is 6.82. The molecule has 26 heavy (non-hydrogen) atoms. The first-order chi connectivity index (χ1) is 12.8. The van der Waals surface area contributed by atoms with Crippen LogP contribution < -0.4 is 10.6 Å². The number of nitrogens with zero attached hydrogens (tertiary/aromatic N) is 3. The highest BCUT2D eigenvalue weighted by Crippen LogP contribution is 2.28. The third-order valence-electron chi connectivity index (χ3n) is 4.87. The smallest absolute Gasteiger partial charge is 0.232 e. The first kappa shape index (κ1) is 16.5. The highest BCUT2D eigenvalue weighted by molar-refractivity contribution is 5.61. The number of benzene rings is 2. The summed E-state index contributed by atoms with van der Waals surface area (Å²) in [6, 6.07) is 20.4. The van der Waals surface area contributed by atoms with Crippen molar-refractivity contribution in [1.29, 1.82) is 0 Å². The number of rotatable bonds is 5. The fourth-order valence-corrected chi connectivity index (χ4v) is 3.39. The standard InChI is InChI=1S/C21H23N5/c1-15-9-8-14-18(15)23-21-25-19(16-10-4-2-5-11-16)24-20(26-21)22-17-12-6-3-7-13-17/h2-7,10-13,15,18H,8-9,14H2,1H3,(H2,22,23,24,25,26)/t15-,18?/m0/s1. The Morgan fingerprint density at radius 2 is 1.50 bits per heavy atom. The Morgan fingerprint density at radius 1 is 0.808 bits per heavy atom. The lowest BCUT2D eigenvalue weighted by molar-refractivity contribution is 0.553. The summed E-state index contributed by atoms with van der Waals surface area (Å²) in [5.41, 5.74) is 1.94. The van der Waals surface area contributed by atoms with Gasteiger partial charge in [-0.3, -0.25) is 0 Å². The first-order valence-corrected chi connectivity index (χ1v) is 9.18. The van der Waals surface area contributed by atoms with Crippen molar-refractivity contribution in [2.45, 2.75) is 32.2 Å². The zero-order chi connectivity index (χ0) is 17.8. The van der Waals surface area contributed by atoms with E-state index in [0.29, 0.717) is 29.7 Å². The molecule has 0 saturated heterocycles. The van der Waals surface area contributed by atoms with Crippen LogP contribution in [-0.2, 0) is 0 Å². The Kier molecular flexibility index (Phi) is 4.78. The molecule has 2 aromatic carbocycles. The van der Waals surface area contributed by atoms with Crippen molar-refractivity contribution >= 4 is 17.6 Å². The number of anilines is 3. The van der Waals surface area contributed by atoms with Crippen LogP contribution >= 0.6 is 0 Å². The molecule has 5 nitrogen and oxygen atoms in total. The molecule has 0 aliphatic heterocycles. The van der Waals surface area contributed by atoms with Crippen molar-refractivity contribution in [2.75, 3.05) is 10.6 Å². The molecule has 1 unspecified atom stereocenters. The molecule has 1 fully saturated rings. The molecule has 0 bridgehead atoms. The average Bonchev–Trinajstić information content (AvgIpc) is 3.08. The molecule has 1 heterocycles. The van der Waals surface area contributed by atoms with Gasteiger partial charge < -0.3 is 10.6 Å². The molecule has 4 rings (SSSR count). The minimum Gasteiger partial charge on any atom is -0.351 e. The molecule has 5 heteroatoms. The molecule has 2 atom stereocenters. The van der Waals surface area contributed by atoms with Gasteiger partial charge in [0.1, 0.15) is 0 Å². The van der Waals surface area contributed by atoms with Gasteiger partial charge in [0.25, 0.3) is 0 Å². The van der Waals surface area contributed by atoms with E-state index in [4.69, 9.17) is 0 Å². The van der Waals surface area contributed by atoms with Crippen molar-refractivity contribution in [3.05, 3.63) is 60.7 Å². The van der Waals surface area contributed by atoms with E-state index in [0.717, 1.165) is 17.7 Å². The van der Waals surface area contributed by atoms with Gasteiger partial charge >= 0.3 is 0 Å².